The third-order valence-corrected chi connectivity index (χ3v) is 6.32. The molecule has 0 fully saturated rings. The van der Waals surface area contributed by atoms with Crippen LogP contribution in [-0.2, 0) is 13.3 Å². The first-order chi connectivity index (χ1) is 14.0. The molecule has 12 heteroatoms. The fourth-order valence-electron chi connectivity index (χ4n) is 2.81. The van der Waals surface area contributed by atoms with Gasteiger partial charge in [0, 0.05) is 54.1 Å². The highest BCUT2D eigenvalue weighted by Gasteiger charge is 2.40. The molecule has 0 aliphatic rings. The maximum absolute atomic E-state index is 11.8. The Hall–Kier alpha value is -2.72. The van der Waals surface area contributed by atoms with E-state index in [0.29, 0.717) is 11.4 Å². The van der Waals surface area contributed by atoms with Crippen LogP contribution in [0, 0.1) is 31.7 Å². The van der Waals surface area contributed by atoms with Gasteiger partial charge in [0.15, 0.2) is 0 Å². The summed E-state index contributed by atoms with van der Waals surface area (Å²) in [6.45, 7) is 6.07. The van der Waals surface area contributed by atoms with Gasteiger partial charge in [0.2, 0.25) is 0 Å². The predicted octanol–water partition coefficient (Wildman–Crippen LogP) is 2.57. The second kappa shape index (κ2) is 10.9. The summed E-state index contributed by atoms with van der Waals surface area (Å²) >= 11 is 0. The molecule has 30 heavy (non-hydrogen) atoms. The van der Waals surface area contributed by atoms with E-state index >= 15 is 0 Å². The maximum Gasteiger partial charge on any atom is 0.591 e. The first-order valence-electron chi connectivity index (χ1n) is 9.34. The number of nitrogens with zero attached hydrogens (tertiary/aromatic N) is 4. The van der Waals surface area contributed by atoms with Crippen molar-refractivity contribution in [2.24, 2.45) is 0 Å². The summed E-state index contributed by atoms with van der Waals surface area (Å²) in [7, 11) is 3.27. The summed E-state index contributed by atoms with van der Waals surface area (Å²) in [6.07, 6.45) is 0. The molecule has 0 atom stereocenters. The average Bonchev–Trinajstić information content (AvgIpc) is 2.65. The van der Waals surface area contributed by atoms with Crippen molar-refractivity contribution in [1.29, 1.82) is 0 Å². The van der Waals surface area contributed by atoms with Crippen molar-refractivity contribution in [2.45, 2.75) is 20.8 Å². The van der Waals surface area contributed by atoms with Crippen LogP contribution in [0.2, 0.25) is 0 Å². The Morgan fingerprint density at radius 3 is 1.77 bits per heavy atom. The summed E-state index contributed by atoms with van der Waals surface area (Å²) in [4.78, 5) is 25.1. The molecule has 1 aromatic carbocycles. The smallest absolute Gasteiger partial charge is 0.376 e. The van der Waals surface area contributed by atoms with E-state index < -0.39 is 30.0 Å². The van der Waals surface area contributed by atoms with Gasteiger partial charge in [-0.3, -0.25) is 20.2 Å². The number of hydrogen-bond donors (Lipinski definition) is 0. The molecule has 0 amide bonds. The largest absolute Gasteiger partial charge is 0.591 e. The molecule has 0 N–H and O–H groups in total. The van der Waals surface area contributed by atoms with E-state index in [-0.39, 0.29) is 25.4 Å². The molecule has 0 saturated carbocycles. The average molecular weight is 441 g/mol. The van der Waals surface area contributed by atoms with Gasteiger partial charge in [-0.2, -0.15) is 0 Å². The van der Waals surface area contributed by atoms with Gasteiger partial charge in [0.05, 0.1) is 21.2 Å². The van der Waals surface area contributed by atoms with Crippen LogP contribution >= 0.6 is 0 Å². The molecule has 0 bridgehead atoms. The second-order valence-corrected chi connectivity index (χ2v) is 8.62. The minimum absolute atomic E-state index is 0.0983. The van der Waals surface area contributed by atoms with Crippen molar-refractivity contribution >= 4 is 31.6 Å². The number of nitro groups is 2. The monoisotopic (exact) mass is 440 g/mol. The van der Waals surface area contributed by atoms with E-state index in [4.69, 9.17) is 13.3 Å². The molecule has 0 spiro atoms. The standard InChI is InChI=1S/C18H28N4O7Si/c1-8-27-30(28-9-2,29-10-3)12-11-14-17(20(6)7)15(19(4)5)13-16(21(23)24)18(14)22(25)26/h13H,8-10H2,1-7H3. The van der Waals surface area contributed by atoms with Crippen LogP contribution in [-0.4, -0.2) is 66.7 Å². The van der Waals surface area contributed by atoms with Gasteiger partial charge < -0.3 is 23.1 Å². The molecule has 0 aromatic heterocycles. The van der Waals surface area contributed by atoms with E-state index in [9.17, 15) is 20.2 Å². The zero-order chi connectivity index (χ0) is 23.1. The number of benzene rings is 1. The molecular weight excluding hydrogens is 412 g/mol. The van der Waals surface area contributed by atoms with Crippen molar-refractivity contribution in [3.8, 4) is 11.5 Å². The molecule has 1 rings (SSSR count). The van der Waals surface area contributed by atoms with Gasteiger partial charge in [0.1, 0.15) is 5.56 Å². The van der Waals surface area contributed by atoms with E-state index in [2.05, 4.69) is 11.5 Å². The first kappa shape index (κ1) is 25.3. The van der Waals surface area contributed by atoms with Crippen LogP contribution in [0.3, 0.4) is 0 Å². The van der Waals surface area contributed by atoms with Gasteiger partial charge in [-0.25, -0.2) is 0 Å². The summed E-state index contributed by atoms with van der Waals surface area (Å²) in [5.41, 5.74) is 2.18. The van der Waals surface area contributed by atoms with Gasteiger partial charge >= 0.3 is 20.2 Å². The summed E-state index contributed by atoms with van der Waals surface area (Å²) in [5, 5.41) is 23.4. The molecule has 0 unspecified atom stereocenters. The highest BCUT2D eigenvalue weighted by atomic mass is 28.4. The Morgan fingerprint density at radius 1 is 0.933 bits per heavy atom. The molecule has 1 aromatic rings. The van der Waals surface area contributed by atoms with Crippen molar-refractivity contribution in [3.05, 3.63) is 31.9 Å². The molecule has 0 aliphatic carbocycles. The Kier molecular flexibility index (Phi) is 9.18. The topological polar surface area (TPSA) is 120 Å². The van der Waals surface area contributed by atoms with Gasteiger partial charge in [-0.1, -0.05) is 5.92 Å². The molecule has 0 aliphatic heterocycles. The van der Waals surface area contributed by atoms with Crippen LogP contribution < -0.4 is 9.80 Å². The number of hydrogen-bond acceptors (Lipinski definition) is 9. The van der Waals surface area contributed by atoms with Crippen molar-refractivity contribution in [2.75, 3.05) is 57.8 Å². The van der Waals surface area contributed by atoms with Crippen LogP contribution in [0.25, 0.3) is 0 Å². The van der Waals surface area contributed by atoms with Crippen LogP contribution in [0.1, 0.15) is 26.3 Å². The first-order valence-corrected chi connectivity index (χ1v) is 11.1. The highest BCUT2D eigenvalue weighted by Crippen LogP contribution is 2.43. The highest BCUT2D eigenvalue weighted by molar-refractivity contribution is 6.69. The minimum Gasteiger partial charge on any atom is -0.376 e. The zero-order valence-corrected chi connectivity index (χ0v) is 19.3. The fourth-order valence-corrected chi connectivity index (χ4v) is 4.70. The molecular formula is C18H28N4O7Si. The third kappa shape index (κ3) is 5.67. The van der Waals surface area contributed by atoms with E-state index in [0.717, 1.165) is 0 Å². The lowest BCUT2D eigenvalue weighted by molar-refractivity contribution is -0.422. The minimum atomic E-state index is -3.47. The van der Waals surface area contributed by atoms with Crippen molar-refractivity contribution in [3.63, 3.8) is 0 Å². The Balaban J connectivity index is 4.02. The number of anilines is 2. The third-order valence-electron chi connectivity index (χ3n) is 3.88. The van der Waals surface area contributed by atoms with E-state index in [1.807, 2.05) is 0 Å². The summed E-state index contributed by atoms with van der Waals surface area (Å²) < 4.78 is 17.0. The van der Waals surface area contributed by atoms with Crippen molar-refractivity contribution in [1.82, 2.24) is 0 Å². The van der Waals surface area contributed by atoms with E-state index in [1.165, 1.54) is 6.07 Å². The van der Waals surface area contributed by atoms with Gasteiger partial charge in [-0.05, 0) is 26.3 Å². The SMILES string of the molecule is CCO[Si](C#Cc1c(N(C)C)c(N(C)C)cc([N+](=O)[O-])c1[N+](=O)[O-])(OCC)OCC. The van der Waals surface area contributed by atoms with Crippen LogP contribution in [0.5, 0.6) is 0 Å². The normalized spacial score (nSPS) is 10.9. The summed E-state index contributed by atoms with van der Waals surface area (Å²) in [6, 6.07) is 1.18. The lowest BCUT2D eigenvalue weighted by Crippen LogP contribution is -2.45. The van der Waals surface area contributed by atoms with Crippen LogP contribution in [0.4, 0.5) is 22.7 Å². The Labute approximate surface area is 177 Å². The zero-order valence-electron chi connectivity index (χ0n) is 18.3. The molecule has 11 nitrogen and oxygen atoms in total. The molecule has 166 valence electrons. The maximum atomic E-state index is 11.8. The van der Waals surface area contributed by atoms with Crippen LogP contribution in [0.15, 0.2) is 6.07 Å². The van der Waals surface area contributed by atoms with Gasteiger partial charge in [-0.15, -0.1) is 0 Å². The fraction of sp³-hybridized carbons (Fsp3) is 0.556. The Bertz CT molecular complexity index is 832. The predicted molar refractivity (Wildman–Crippen MR) is 116 cm³/mol. The Morgan fingerprint density at radius 2 is 1.43 bits per heavy atom. The lowest BCUT2D eigenvalue weighted by Gasteiger charge is -2.24. The number of rotatable bonds is 10. The van der Waals surface area contributed by atoms with Crippen molar-refractivity contribution < 1.29 is 23.1 Å². The lowest BCUT2D eigenvalue weighted by atomic mass is 10.1. The number of nitro benzene ring substituents is 2. The molecule has 0 radical (unpaired) electrons. The molecule has 0 saturated heterocycles. The van der Waals surface area contributed by atoms with E-state index in [1.54, 1.807) is 58.8 Å². The molecule has 0 heterocycles. The summed E-state index contributed by atoms with van der Waals surface area (Å²) in [5.74, 6) is 2.75. The second-order valence-electron chi connectivity index (χ2n) is 6.40. The quantitative estimate of drug-likeness (QED) is 0.234. The van der Waals surface area contributed by atoms with Gasteiger partial charge in [0.25, 0.3) is 0 Å².